The number of allylic oxidation sites excluding steroid dienone is 5. The van der Waals surface area contributed by atoms with E-state index >= 15 is 0 Å². The highest BCUT2D eigenvalue weighted by molar-refractivity contribution is 7.91. The molecule has 1 heterocycles. The molecule has 380 valence electrons. The van der Waals surface area contributed by atoms with Crippen LogP contribution in [0.1, 0.15) is 176 Å². The number of carbonyl (C=O) groups excluding carboxylic acids is 2. The van der Waals surface area contributed by atoms with Crippen LogP contribution < -0.4 is 10.1 Å². The molecule has 10 atom stereocenters. The Morgan fingerprint density at radius 2 is 1.68 bits per heavy atom. The van der Waals surface area contributed by atoms with Crippen molar-refractivity contribution in [2.45, 2.75) is 187 Å². The van der Waals surface area contributed by atoms with Crippen molar-refractivity contribution in [3.63, 3.8) is 0 Å². The molecule has 0 radical (unpaired) electrons. The molecule has 69 heavy (non-hydrogen) atoms. The fourth-order valence-electron chi connectivity index (χ4n) is 16.8. The fourth-order valence-corrected chi connectivity index (χ4v) is 17.9. The van der Waals surface area contributed by atoms with Gasteiger partial charge in [0.1, 0.15) is 33.5 Å². The van der Waals surface area contributed by atoms with Crippen LogP contribution in [0.4, 0.5) is 0 Å². The number of fused-ring (bicyclic) bond motifs is 7. The lowest BCUT2D eigenvalue weighted by atomic mass is 9.33. The Bertz CT molecular complexity index is 2360. The molecule has 2 N–H and O–H groups in total. The molecule has 0 aromatic carbocycles. The minimum atomic E-state index is -3.09. The number of nitrogens with zero attached hydrogens (tertiary/aromatic N) is 2. The van der Waals surface area contributed by atoms with Gasteiger partial charge < -0.3 is 24.6 Å². The Labute approximate surface area is 414 Å². The standard InChI is InChI=1S/C57H83N3O8S/c1-10-12-47(61)67-37-68-50(62)55(36-66-49-40(35-58)13-11-33-59-49)25-16-39(17-26-55)43-21-23-52(6)45(51(43,4)5)22-24-54(8)46(52)15-14-44-48-42(38(2)3)20-29-57(48,31-30-53(44,54)7)60-34-32-56(63)27-18-41(19-28-56)69(9,64)65/h11,13,16,21,33,41-42,44-46,48,60,63H,2,10,12,14-15,17-20,22-32,34,36-37H2,1,3-9H3/t41-,42-,44+,45-,46+,48+,52-,53+,54+,55+,56+,57-/m0/s1. The van der Waals surface area contributed by atoms with Crippen molar-refractivity contribution in [3.8, 4) is 11.9 Å². The number of pyridine rings is 1. The summed E-state index contributed by atoms with van der Waals surface area (Å²) in [4.78, 5) is 30.4. The lowest BCUT2D eigenvalue weighted by molar-refractivity contribution is -0.221. The van der Waals surface area contributed by atoms with Gasteiger partial charge in [-0.1, -0.05) is 65.8 Å². The van der Waals surface area contributed by atoms with Gasteiger partial charge in [-0.3, -0.25) is 9.59 Å². The summed E-state index contributed by atoms with van der Waals surface area (Å²) < 4.78 is 41.6. The maximum Gasteiger partial charge on any atom is 0.318 e. The molecular weight excluding hydrogens is 887 g/mol. The normalized spacial score (nSPS) is 39.2. The van der Waals surface area contributed by atoms with E-state index in [2.05, 4.69) is 76.6 Å². The molecule has 12 heteroatoms. The Balaban J connectivity index is 0.999. The van der Waals surface area contributed by atoms with E-state index in [0.29, 0.717) is 92.9 Å². The second-order valence-electron chi connectivity index (χ2n) is 24.6. The molecule has 1 aromatic rings. The van der Waals surface area contributed by atoms with Crippen LogP contribution in [0.2, 0.25) is 0 Å². The van der Waals surface area contributed by atoms with Gasteiger partial charge in [-0.25, -0.2) is 13.4 Å². The molecule has 0 aliphatic heterocycles. The molecule has 0 spiro atoms. The summed E-state index contributed by atoms with van der Waals surface area (Å²) in [5.74, 6) is 1.93. The molecular formula is C57H83N3O8S. The number of esters is 2. The van der Waals surface area contributed by atoms with Crippen molar-refractivity contribution in [2.75, 3.05) is 26.2 Å². The number of aromatic nitrogens is 1. The first-order valence-electron chi connectivity index (χ1n) is 26.5. The lowest BCUT2D eigenvalue weighted by Gasteiger charge is -2.72. The Hall–Kier alpha value is -3.53. The maximum absolute atomic E-state index is 14.0. The predicted octanol–water partition coefficient (Wildman–Crippen LogP) is 10.9. The molecule has 5 saturated carbocycles. The molecule has 0 saturated heterocycles. The van der Waals surface area contributed by atoms with Crippen molar-refractivity contribution in [3.05, 3.63) is 59.3 Å². The number of ether oxygens (including phenoxy) is 3. The number of aliphatic hydroxyl groups is 1. The van der Waals surface area contributed by atoms with Crippen LogP contribution in [0.5, 0.6) is 5.88 Å². The van der Waals surface area contributed by atoms with E-state index in [9.17, 15) is 28.4 Å². The number of nitrogens with one attached hydrogen (secondary N) is 1. The third-order valence-corrected chi connectivity index (χ3v) is 22.5. The summed E-state index contributed by atoms with van der Waals surface area (Å²) in [6.07, 6.45) is 23.5. The average molecular weight is 970 g/mol. The van der Waals surface area contributed by atoms with Gasteiger partial charge in [-0.2, -0.15) is 5.26 Å². The maximum atomic E-state index is 14.0. The minimum Gasteiger partial charge on any atom is -0.475 e. The first-order chi connectivity index (χ1) is 32.5. The van der Waals surface area contributed by atoms with E-state index in [0.717, 1.165) is 32.2 Å². The van der Waals surface area contributed by atoms with Crippen LogP contribution in [0.25, 0.3) is 0 Å². The third-order valence-electron chi connectivity index (χ3n) is 20.8. The van der Waals surface area contributed by atoms with E-state index in [1.807, 2.05) is 6.92 Å². The van der Waals surface area contributed by atoms with Gasteiger partial charge >= 0.3 is 11.9 Å². The van der Waals surface area contributed by atoms with Crippen LogP contribution in [0, 0.1) is 68.0 Å². The summed E-state index contributed by atoms with van der Waals surface area (Å²) in [5.41, 5.74) is 2.86. The quantitative estimate of drug-likeness (QED) is 0.0976. The number of hydrogen-bond donors (Lipinski definition) is 2. The highest BCUT2D eigenvalue weighted by Crippen LogP contribution is 2.76. The van der Waals surface area contributed by atoms with Gasteiger partial charge in [0.15, 0.2) is 0 Å². The Kier molecular flexibility index (Phi) is 14.4. The molecule has 0 unspecified atom stereocenters. The van der Waals surface area contributed by atoms with E-state index in [1.165, 1.54) is 55.1 Å². The van der Waals surface area contributed by atoms with Gasteiger partial charge in [-0.05, 0) is 204 Å². The summed E-state index contributed by atoms with van der Waals surface area (Å²) >= 11 is 0. The molecule has 5 fully saturated rings. The summed E-state index contributed by atoms with van der Waals surface area (Å²) in [6, 6.07) is 5.46. The molecule has 0 bridgehead atoms. The van der Waals surface area contributed by atoms with Crippen molar-refractivity contribution in [1.29, 1.82) is 5.26 Å². The topological polar surface area (TPSA) is 165 Å². The lowest BCUT2D eigenvalue weighted by Crippen LogP contribution is -2.68. The van der Waals surface area contributed by atoms with Crippen LogP contribution in [0.15, 0.2) is 53.8 Å². The predicted molar refractivity (Wildman–Crippen MR) is 268 cm³/mol. The second kappa shape index (κ2) is 19.1. The van der Waals surface area contributed by atoms with Crippen molar-refractivity contribution in [2.24, 2.45) is 56.7 Å². The molecule has 7 aliphatic rings. The van der Waals surface area contributed by atoms with Crippen molar-refractivity contribution >= 4 is 21.8 Å². The van der Waals surface area contributed by atoms with Crippen LogP contribution >= 0.6 is 0 Å². The molecule has 0 amide bonds. The fraction of sp³-hybridized carbons (Fsp3) is 0.754. The second-order valence-corrected chi connectivity index (χ2v) is 26.9. The van der Waals surface area contributed by atoms with E-state index in [4.69, 9.17) is 14.2 Å². The zero-order chi connectivity index (χ0) is 49.8. The van der Waals surface area contributed by atoms with Crippen molar-refractivity contribution < 1.29 is 37.3 Å². The average Bonchev–Trinajstić information content (AvgIpc) is 3.68. The van der Waals surface area contributed by atoms with Gasteiger partial charge in [0.05, 0.1) is 10.9 Å². The number of carbonyl (C=O) groups is 2. The monoisotopic (exact) mass is 970 g/mol. The zero-order valence-corrected chi connectivity index (χ0v) is 44.0. The van der Waals surface area contributed by atoms with Crippen molar-refractivity contribution in [1.82, 2.24) is 10.3 Å². The first-order valence-corrected chi connectivity index (χ1v) is 28.5. The third kappa shape index (κ3) is 9.19. The minimum absolute atomic E-state index is 0.0166. The summed E-state index contributed by atoms with van der Waals surface area (Å²) in [5, 5.41) is 25.2. The summed E-state index contributed by atoms with van der Waals surface area (Å²) in [6.45, 7) is 22.0. The van der Waals surface area contributed by atoms with Crippen LogP contribution in [0.3, 0.4) is 0 Å². The number of sulfone groups is 1. The van der Waals surface area contributed by atoms with Gasteiger partial charge in [0.25, 0.3) is 0 Å². The smallest absolute Gasteiger partial charge is 0.318 e. The number of hydrogen-bond acceptors (Lipinski definition) is 11. The highest BCUT2D eigenvalue weighted by Gasteiger charge is 2.70. The first kappa shape index (κ1) is 51.8. The Morgan fingerprint density at radius 3 is 2.35 bits per heavy atom. The van der Waals surface area contributed by atoms with Gasteiger partial charge in [0.2, 0.25) is 12.7 Å². The van der Waals surface area contributed by atoms with E-state index < -0.39 is 39.6 Å². The molecule has 7 aliphatic carbocycles. The summed E-state index contributed by atoms with van der Waals surface area (Å²) in [7, 11) is -3.09. The van der Waals surface area contributed by atoms with Gasteiger partial charge in [0, 0.05) is 24.4 Å². The molecule has 1 aromatic heterocycles. The van der Waals surface area contributed by atoms with Gasteiger partial charge in [-0.15, -0.1) is 0 Å². The Morgan fingerprint density at radius 1 is 0.928 bits per heavy atom. The van der Waals surface area contributed by atoms with E-state index in [-0.39, 0.29) is 51.4 Å². The van der Waals surface area contributed by atoms with E-state index in [1.54, 1.807) is 18.3 Å². The molecule has 11 nitrogen and oxygen atoms in total. The SMILES string of the molecule is C=C(C)[C@@H]1CC[C@]2(NCC[C@]3(O)CC[C@@H](S(C)(=O)=O)CC3)CC[C@]3(C)[C@H](CC[C@@H]4[C@@]5(C)CC=C(C6=CC[C@@](COc7ncccc7C#N)(C(=O)OCOC(=O)CCC)CC6)C(C)(C)[C@@H]5CC[C@]43C)[C@@H]12. The number of rotatable bonds is 15. The highest BCUT2D eigenvalue weighted by atomic mass is 32.2. The zero-order valence-electron chi connectivity index (χ0n) is 43.2. The molecule has 8 rings (SSSR count). The largest absolute Gasteiger partial charge is 0.475 e. The number of nitriles is 1. The van der Waals surface area contributed by atoms with Crippen LogP contribution in [-0.4, -0.2) is 73.0 Å². The van der Waals surface area contributed by atoms with Crippen LogP contribution in [-0.2, 0) is 28.9 Å².